The van der Waals surface area contributed by atoms with Gasteiger partial charge in [-0.2, -0.15) is 5.10 Å². The summed E-state index contributed by atoms with van der Waals surface area (Å²) in [4.78, 5) is 3.99. The van der Waals surface area contributed by atoms with E-state index in [1.165, 1.54) is 6.33 Å². The van der Waals surface area contributed by atoms with Crippen molar-refractivity contribution < 1.29 is 0 Å². The maximum Gasteiger partial charge on any atom is 0.221 e. The molecule has 0 N–H and O–H groups in total. The number of hydrogen-bond donors (Lipinski definition) is 0. The van der Waals surface area contributed by atoms with Gasteiger partial charge >= 0.3 is 0 Å². The second kappa shape index (κ2) is 2.40. The molecule has 0 amide bonds. The monoisotopic (exact) mass is 163 g/mol. The summed E-state index contributed by atoms with van der Waals surface area (Å²) in [7, 11) is 1.79. The minimum absolute atomic E-state index is 0.521. The zero-order chi connectivity index (χ0) is 8.55. The van der Waals surface area contributed by atoms with Crippen molar-refractivity contribution in [2.24, 2.45) is 17.3 Å². The van der Waals surface area contributed by atoms with Gasteiger partial charge in [0.25, 0.3) is 0 Å². The van der Waals surface area contributed by atoms with Crippen LogP contribution in [-0.2, 0) is 7.05 Å². The van der Waals surface area contributed by atoms with Gasteiger partial charge < -0.3 is 0 Å². The van der Waals surface area contributed by atoms with Gasteiger partial charge in [0.1, 0.15) is 6.33 Å². The summed E-state index contributed by atoms with van der Waals surface area (Å²) in [6.45, 7) is 1.78. The summed E-state index contributed by atoms with van der Waals surface area (Å²) in [5.41, 5.74) is 0. The average molecular weight is 163 g/mol. The first kappa shape index (κ1) is 6.96. The topological polar surface area (TPSA) is 69.5 Å². The lowest BCUT2D eigenvalue weighted by molar-refractivity contribution is 0.754. The smallest absolute Gasteiger partial charge is 0.221 e. The molecule has 12 heavy (non-hydrogen) atoms. The Labute approximate surface area is 69.0 Å². The molecule has 0 bridgehead atoms. The quantitative estimate of drug-likeness (QED) is 0.560. The lowest BCUT2D eigenvalue weighted by Gasteiger charge is -1.96. The molecule has 1 aromatic heterocycles. The maximum atomic E-state index is 4.07. The summed E-state index contributed by atoms with van der Waals surface area (Å²) in [6, 6.07) is 0. The molecule has 1 radical (unpaired) electrons. The number of rotatable bonds is 1. The summed E-state index contributed by atoms with van der Waals surface area (Å²) in [5, 5.41) is 15.6. The molecule has 2 rings (SSSR count). The number of hydrogen-bond acceptors (Lipinski definition) is 4. The van der Waals surface area contributed by atoms with Crippen molar-refractivity contribution in [2.75, 3.05) is 0 Å². The lowest BCUT2D eigenvalue weighted by Crippen LogP contribution is -2.20. The molecule has 0 fully saturated rings. The Morgan fingerprint density at radius 3 is 2.67 bits per heavy atom. The van der Waals surface area contributed by atoms with E-state index >= 15 is 0 Å². The van der Waals surface area contributed by atoms with Gasteiger partial charge in [0.2, 0.25) is 5.84 Å². The highest BCUT2D eigenvalue weighted by Gasteiger charge is 2.16. The van der Waals surface area contributed by atoms with E-state index in [2.05, 4.69) is 25.6 Å². The van der Waals surface area contributed by atoms with E-state index in [1.54, 1.807) is 18.7 Å². The van der Waals surface area contributed by atoms with Gasteiger partial charge in [-0.05, 0) is 6.92 Å². The second-order valence-electron chi connectivity index (χ2n) is 2.39. The molecule has 0 spiro atoms. The zero-order valence-electron chi connectivity index (χ0n) is 6.76. The number of nitrogens with zero attached hydrogens (tertiary/aromatic N) is 6. The minimum atomic E-state index is 0.521. The minimum Gasteiger partial charge on any atom is -0.246 e. The number of aryl methyl sites for hydroxylation is 1. The molecule has 0 aliphatic carbocycles. The highest BCUT2D eigenvalue weighted by molar-refractivity contribution is 6.09. The normalized spacial score (nSPS) is 15.5. The van der Waals surface area contributed by atoms with Gasteiger partial charge in [-0.1, -0.05) is 0 Å². The number of amidine groups is 2. The average Bonchev–Trinajstić information content (AvgIpc) is 2.58. The highest BCUT2D eigenvalue weighted by atomic mass is 15.4. The molecule has 1 aromatic rings. The summed E-state index contributed by atoms with van der Waals surface area (Å²) in [5.74, 6) is 1.80. The van der Waals surface area contributed by atoms with Crippen LogP contribution in [0.3, 0.4) is 0 Å². The summed E-state index contributed by atoms with van der Waals surface area (Å²) in [6.07, 6.45) is 1.46. The van der Waals surface area contributed by atoms with E-state index in [-0.39, 0.29) is 0 Å². The van der Waals surface area contributed by atoms with Crippen LogP contribution in [0.15, 0.2) is 16.5 Å². The SMILES string of the molecule is CC1=NN=C(c2ncnn2C)[N]1. The van der Waals surface area contributed by atoms with Crippen molar-refractivity contribution in [1.82, 2.24) is 20.1 Å². The molecule has 6 nitrogen and oxygen atoms in total. The summed E-state index contributed by atoms with van der Waals surface area (Å²) >= 11 is 0. The molecule has 0 unspecified atom stereocenters. The van der Waals surface area contributed by atoms with Crippen LogP contribution in [0.5, 0.6) is 0 Å². The second-order valence-corrected chi connectivity index (χ2v) is 2.39. The predicted octanol–water partition coefficient (Wildman–Crippen LogP) is -0.487. The molecule has 1 aliphatic rings. The Morgan fingerprint density at radius 1 is 1.33 bits per heavy atom. The van der Waals surface area contributed by atoms with Crippen LogP contribution >= 0.6 is 0 Å². The summed E-state index contributed by atoms with van der Waals surface area (Å²) < 4.78 is 1.61. The highest BCUT2D eigenvalue weighted by Crippen LogP contribution is 1.99. The first-order valence-electron chi connectivity index (χ1n) is 3.46. The zero-order valence-corrected chi connectivity index (χ0v) is 6.76. The van der Waals surface area contributed by atoms with Crippen LogP contribution in [0.2, 0.25) is 0 Å². The number of aromatic nitrogens is 3. The third kappa shape index (κ3) is 0.969. The predicted molar refractivity (Wildman–Crippen MR) is 42.8 cm³/mol. The molecule has 0 saturated carbocycles. The molecule has 6 heteroatoms. The van der Waals surface area contributed by atoms with Crippen molar-refractivity contribution in [2.45, 2.75) is 6.92 Å². The fourth-order valence-corrected chi connectivity index (χ4v) is 0.911. The van der Waals surface area contributed by atoms with Crippen LogP contribution in [-0.4, -0.2) is 26.4 Å². The molecule has 0 atom stereocenters. The van der Waals surface area contributed by atoms with E-state index in [4.69, 9.17) is 0 Å². The van der Waals surface area contributed by atoms with Gasteiger partial charge in [0.15, 0.2) is 11.7 Å². The largest absolute Gasteiger partial charge is 0.246 e. The Balaban J connectivity index is 2.30. The van der Waals surface area contributed by atoms with Crippen molar-refractivity contribution >= 4 is 11.7 Å². The Bertz CT molecular complexity index is 360. The van der Waals surface area contributed by atoms with Crippen molar-refractivity contribution in [3.05, 3.63) is 12.2 Å². The molecule has 0 aromatic carbocycles. The van der Waals surface area contributed by atoms with Crippen LogP contribution in [0.1, 0.15) is 12.7 Å². The molecule has 2 heterocycles. The Morgan fingerprint density at radius 2 is 2.17 bits per heavy atom. The van der Waals surface area contributed by atoms with Crippen molar-refractivity contribution in [1.29, 1.82) is 0 Å². The first-order chi connectivity index (χ1) is 5.77. The molecular weight excluding hydrogens is 156 g/mol. The van der Waals surface area contributed by atoms with Gasteiger partial charge in [-0.15, -0.1) is 10.2 Å². The lowest BCUT2D eigenvalue weighted by atomic mass is 10.5. The van der Waals surface area contributed by atoms with Gasteiger partial charge in [-0.25, -0.2) is 15.0 Å². The van der Waals surface area contributed by atoms with Crippen LogP contribution < -0.4 is 5.32 Å². The molecule has 1 aliphatic heterocycles. The van der Waals surface area contributed by atoms with Crippen molar-refractivity contribution in [3.63, 3.8) is 0 Å². The van der Waals surface area contributed by atoms with Crippen LogP contribution in [0, 0.1) is 0 Å². The molecular formula is C6H7N6. The van der Waals surface area contributed by atoms with E-state index in [9.17, 15) is 0 Å². The third-order valence-corrected chi connectivity index (χ3v) is 1.47. The van der Waals surface area contributed by atoms with Crippen LogP contribution in [0.4, 0.5) is 0 Å². The van der Waals surface area contributed by atoms with E-state index in [0.717, 1.165) is 0 Å². The van der Waals surface area contributed by atoms with Gasteiger partial charge in [0.05, 0.1) is 0 Å². The van der Waals surface area contributed by atoms with Crippen molar-refractivity contribution in [3.8, 4) is 0 Å². The fourth-order valence-electron chi connectivity index (χ4n) is 0.911. The van der Waals surface area contributed by atoms with E-state index < -0.39 is 0 Å². The molecule has 0 saturated heterocycles. The van der Waals surface area contributed by atoms with Gasteiger partial charge in [-0.3, -0.25) is 0 Å². The molecule has 61 valence electrons. The Hall–Kier alpha value is -1.72. The third-order valence-electron chi connectivity index (χ3n) is 1.47. The maximum absolute atomic E-state index is 4.07. The van der Waals surface area contributed by atoms with Gasteiger partial charge in [0, 0.05) is 7.05 Å². The first-order valence-corrected chi connectivity index (χ1v) is 3.46. The Kier molecular flexibility index (Phi) is 1.39. The fraction of sp³-hybridized carbons (Fsp3) is 0.333. The van der Waals surface area contributed by atoms with E-state index in [0.29, 0.717) is 17.5 Å². The van der Waals surface area contributed by atoms with Crippen LogP contribution in [0.25, 0.3) is 0 Å². The van der Waals surface area contributed by atoms with E-state index in [1.807, 2.05) is 0 Å². The standard InChI is InChI=1S/C6H7N6/c1-4-9-5(11-10-4)6-7-3-8-12(6)2/h3H,1-2H3.